The monoisotopic (exact) mass is 213 g/mol. The lowest BCUT2D eigenvalue weighted by atomic mass is 10.1. The van der Waals surface area contributed by atoms with Crippen molar-refractivity contribution < 1.29 is 4.79 Å². The molecule has 0 bridgehead atoms. The Morgan fingerprint density at radius 3 is 2.75 bits per heavy atom. The molecular formula is C12H11N3O. The lowest BCUT2D eigenvalue weighted by Gasteiger charge is -2.01. The number of hydrogen-bond acceptors (Lipinski definition) is 3. The molecule has 2 heterocycles. The van der Waals surface area contributed by atoms with Crippen LogP contribution in [0.5, 0.6) is 0 Å². The van der Waals surface area contributed by atoms with Gasteiger partial charge in [0.2, 0.25) is 5.91 Å². The summed E-state index contributed by atoms with van der Waals surface area (Å²) in [6.45, 7) is 0. The number of rotatable bonds is 2. The Balaban J connectivity index is 2.12. The first-order chi connectivity index (χ1) is 7.74. The highest BCUT2D eigenvalue weighted by molar-refractivity contribution is 5.96. The van der Waals surface area contributed by atoms with Gasteiger partial charge >= 0.3 is 0 Å². The zero-order valence-corrected chi connectivity index (χ0v) is 8.68. The molecule has 0 spiro atoms. The number of nitrogens with zero attached hydrogens (tertiary/aromatic N) is 2. The van der Waals surface area contributed by atoms with Gasteiger partial charge in [-0.3, -0.25) is 14.8 Å². The van der Waals surface area contributed by atoms with Crippen LogP contribution in [-0.4, -0.2) is 15.9 Å². The smallest absolute Gasteiger partial charge is 0.250 e. The lowest BCUT2D eigenvalue weighted by molar-refractivity contribution is 0.1000. The first-order valence-corrected chi connectivity index (χ1v) is 5.29. The van der Waals surface area contributed by atoms with Crippen molar-refractivity contribution in [2.45, 2.75) is 18.8 Å². The quantitative estimate of drug-likeness (QED) is 0.823. The largest absolute Gasteiger partial charge is 0.366 e. The van der Waals surface area contributed by atoms with Crippen LogP contribution in [0.2, 0.25) is 0 Å². The summed E-state index contributed by atoms with van der Waals surface area (Å²) in [5.41, 5.74) is 7.60. The minimum Gasteiger partial charge on any atom is -0.366 e. The minimum absolute atomic E-state index is 0.425. The van der Waals surface area contributed by atoms with E-state index in [0.717, 1.165) is 16.6 Å². The Morgan fingerprint density at radius 1 is 1.25 bits per heavy atom. The fourth-order valence-corrected chi connectivity index (χ4v) is 1.77. The van der Waals surface area contributed by atoms with E-state index in [0.29, 0.717) is 11.5 Å². The van der Waals surface area contributed by atoms with E-state index in [1.165, 1.54) is 19.0 Å². The maximum absolute atomic E-state index is 11.0. The van der Waals surface area contributed by atoms with E-state index in [1.807, 2.05) is 6.07 Å². The summed E-state index contributed by atoms with van der Waals surface area (Å²) in [4.78, 5) is 19.6. The van der Waals surface area contributed by atoms with Crippen molar-refractivity contribution in [3.63, 3.8) is 0 Å². The second-order valence-electron chi connectivity index (χ2n) is 4.16. The van der Waals surface area contributed by atoms with Gasteiger partial charge in [0, 0.05) is 29.4 Å². The molecule has 1 fully saturated rings. The highest BCUT2D eigenvalue weighted by Gasteiger charge is 2.25. The maximum atomic E-state index is 11.0. The van der Waals surface area contributed by atoms with Crippen LogP contribution in [0, 0.1) is 0 Å². The van der Waals surface area contributed by atoms with Gasteiger partial charge in [0.05, 0.1) is 11.1 Å². The summed E-state index contributed by atoms with van der Waals surface area (Å²) in [6.07, 6.45) is 5.72. The van der Waals surface area contributed by atoms with Crippen molar-refractivity contribution in [2.24, 2.45) is 5.73 Å². The Bertz CT molecular complexity index is 575. The van der Waals surface area contributed by atoms with Gasteiger partial charge in [-0.2, -0.15) is 0 Å². The van der Waals surface area contributed by atoms with Crippen molar-refractivity contribution in [3.8, 4) is 0 Å². The topological polar surface area (TPSA) is 68.9 Å². The Labute approximate surface area is 92.5 Å². The average molecular weight is 213 g/mol. The van der Waals surface area contributed by atoms with Crippen LogP contribution in [-0.2, 0) is 0 Å². The molecule has 1 saturated carbocycles. The van der Waals surface area contributed by atoms with Crippen molar-refractivity contribution in [3.05, 3.63) is 35.8 Å². The molecular weight excluding hydrogens is 202 g/mol. The molecule has 1 amide bonds. The fourth-order valence-electron chi connectivity index (χ4n) is 1.77. The van der Waals surface area contributed by atoms with E-state index >= 15 is 0 Å². The van der Waals surface area contributed by atoms with Crippen LogP contribution in [0.4, 0.5) is 0 Å². The number of carbonyl (C=O) groups excluding carboxylic acids is 1. The number of carbonyl (C=O) groups is 1. The lowest BCUT2D eigenvalue weighted by Crippen LogP contribution is -2.11. The van der Waals surface area contributed by atoms with Crippen molar-refractivity contribution in [1.29, 1.82) is 0 Å². The van der Waals surface area contributed by atoms with Gasteiger partial charge in [-0.25, -0.2) is 0 Å². The predicted molar refractivity (Wildman–Crippen MR) is 60.0 cm³/mol. The molecule has 80 valence electrons. The molecule has 0 saturated heterocycles. The summed E-state index contributed by atoms with van der Waals surface area (Å²) in [5.74, 6) is 0.155. The van der Waals surface area contributed by atoms with Crippen LogP contribution in [0.3, 0.4) is 0 Å². The van der Waals surface area contributed by atoms with Crippen molar-refractivity contribution in [1.82, 2.24) is 9.97 Å². The maximum Gasteiger partial charge on any atom is 0.250 e. The fraction of sp³-hybridized carbons (Fsp3) is 0.250. The first-order valence-electron chi connectivity index (χ1n) is 5.29. The van der Waals surface area contributed by atoms with E-state index in [9.17, 15) is 4.79 Å². The van der Waals surface area contributed by atoms with Gasteiger partial charge in [0.25, 0.3) is 0 Å². The molecule has 0 unspecified atom stereocenters. The standard InChI is InChI=1S/C12H11N3O/c13-12(16)9-3-8-5-14-10(7-1-2-7)4-11(8)15-6-9/h3-7H,1-2H2,(H2,13,16). The number of amides is 1. The third kappa shape index (κ3) is 1.52. The number of hydrogen-bond donors (Lipinski definition) is 1. The van der Waals surface area contributed by atoms with E-state index in [1.54, 1.807) is 12.3 Å². The van der Waals surface area contributed by atoms with Crippen LogP contribution < -0.4 is 5.73 Å². The molecule has 1 aliphatic rings. The Hall–Kier alpha value is -1.97. The third-order valence-electron chi connectivity index (χ3n) is 2.87. The van der Waals surface area contributed by atoms with Crippen LogP contribution in [0.15, 0.2) is 24.5 Å². The molecule has 3 rings (SSSR count). The van der Waals surface area contributed by atoms with Crippen LogP contribution in [0.1, 0.15) is 34.8 Å². The minimum atomic E-state index is -0.458. The molecule has 4 heteroatoms. The first kappa shape index (κ1) is 9.27. The normalized spacial score (nSPS) is 15.2. The zero-order chi connectivity index (χ0) is 11.1. The van der Waals surface area contributed by atoms with Crippen molar-refractivity contribution in [2.75, 3.05) is 0 Å². The van der Waals surface area contributed by atoms with Crippen LogP contribution >= 0.6 is 0 Å². The molecule has 16 heavy (non-hydrogen) atoms. The van der Waals surface area contributed by atoms with Gasteiger partial charge in [-0.1, -0.05) is 0 Å². The molecule has 4 nitrogen and oxygen atoms in total. The van der Waals surface area contributed by atoms with Gasteiger partial charge in [-0.05, 0) is 25.0 Å². The third-order valence-corrected chi connectivity index (χ3v) is 2.87. The van der Waals surface area contributed by atoms with Gasteiger partial charge in [0.15, 0.2) is 0 Å². The number of nitrogens with two attached hydrogens (primary N) is 1. The van der Waals surface area contributed by atoms with Crippen LogP contribution in [0.25, 0.3) is 10.9 Å². The predicted octanol–water partition coefficient (Wildman–Crippen LogP) is 1.61. The number of primary amides is 1. The number of aromatic nitrogens is 2. The molecule has 2 aromatic heterocycles. The Kier molecular flexibility index (Phi) is 1.89. The summed E-state index contributed by atoms with van der Waals surface area (Å²) in [5, 5.41) is 0.862. The van der Waals surface area contributed by atoms with Gasteiger partial charge in [-0.15, -0.1) is 0 Å². The Morgan fingerprint density at radius 2 is 2.06 bits per heavy atom. The molecule has 0 aliphatic heterocycles. The average Bonchev–Trinajstić information content (AvgIpc) is 3.11. The summed E-state index contributed by atoms with van der Waals surface area (Å²) >= 11 is 0. The van der Waals surface area contributed by atoms with Gasteiger partial charge < -0.3 is 5.73 Å². The van der Waals surface area contributed by atoms with E-state index in [2.05, 4.69) is 9.97 Å². The van der Waals surface area contributed by atoms with E-state index in [4.69, 9.17) is 5.73 Å². The van der Waals surface area contributed by atoms with E-state index < -0.39 is 5.91 Å². The second-order valence-corrected chi connectivity index (χ2v) is 4.16. The molecule has 2 aromatic rings. The zero-order valence-electron chi connectivity index (χ0n) is 8.68. The summed E-state index contributed by atoms with van der Waals surface area (Å²) in [7, 11) is 0. The van der Waals surface area contributed by atoms with Gasteiger partial charge in [0.1, 0.15) is 0 Å². The number of fused-ring (bicyclic) bond motifs is 1. The van der Waals surface area contributed by atoms with E-state index in [-0.39, 0.29) is 0 Å². The highest BCUT2D eigenvalue weighted by atomic mass is 16.1. The van der Waals surface area contributed by atoms with Crippen molar-refractivity contribution >= 4 is 16.8 Å². The molecule has 1 aliphatic carbocycles. The summed E-state index contributed by atoms with van der Waals surface area (Å²) < 4.78 is 0. The summed E-state index contributed by atoms with van der Waals surface area (Å²) in [6, 6.07) is 3.73. The SMILES string of the molecule is NC(=O)c1cnc2cc(C3CC3)ncc2c1. The second kappa shape index (κ2) is 3.27. The molecule has 0 atom stereocenters. The molecule has 2 N–H and O–H groups in total. The number of pyridine rings is 2. The molecule has 0 aromatic carbocycles. The molecule has 0 radical (unpaired) electrons. The highest BCUT2D eigenvalue weighted by Crippen LogP contribution is 2.39.